The summed E-state index contributed by atoms with van der Waals surface area (Å²) in [5, 5.41) is 9.66. The van der Waals surface area contributed by atoms with Gasteiger partial charge in [0.2, 0.25) is 0 Å². The van der Waals surface area contributed by atoms with Crippen molar-refractivity contribution in [1.29, 1.82) is 0 Å². The number of quaternary nitrogens is 1. The highest BCUT2D eigenvalue weighted by molar-refractivity contribution is 5.72. The minimum absolute atomic E-state index is 0.0411. The number of hydrogen-bond acceptors (Lipinski definition) is 6. The van der Waals surface area contributed by atoms with E-state index in [4.69, 9.17) is 14.2 Å². The van der Waals surface area contributed by atoms with E-state index in [1.807, 2.05) is 21.1 Å². The molecule has 0 aliphatic carbocycles. The standard InChI is InChI=1S/C55H107NO7/c1-6-8-10-12-14-16-18-20-22-24-25-26-27-28-30-32-34-36-38-40-42-44-46-54(58)63-51(49-61-48-47-52(55(59)60)56(3,4)5)50-62-53(57)45-43-41-39-37-35-33-31-29-23-21-19-17-15-13-11-9-7-2/h51-52H,6-50H2,1-5H3/p+1. The second kappa shape index (κ2) is 46.8. The maximum Gasteiger partial charge on any atom is 0.362 e. The number of carbonyl (C=O) groups excluding carboxylic acids is 2. The molecule has 2 atom stereocenters. The number of likely N-dealkylation sites (N-methyl/N-ethyl adjacent to an activating group) is 1. The molecule has 8 nitrogen and oxygen atoms in total. The lowest BCUT2D eigenvalue weighted by molar-refractivity contribution is -0.887. The zero-order valence-electron chi connectivity index (χ0n) is 42.8. The fraction of sp³-hybridized carbons (Fsp3) is 0.945. The molecule has 0 saturated carbocycles. The van der Waals surface area contributed by atoms with E-state index < -0.39 is 18.1 Å². The SMILES string of the molecule is CCCCCCCCCCCCCCCCCCCCCCCCC(=O)OC(COCCC(C(=O)O)[N+](C)(C)C)COC(=O)CCCCCCCCCCCCCCCCCCC. The van der Waals surface area contributed by atoms with Crippen molar-refractivity contribution in [2.45, 2.75) is 296 Å². The van der Waals surface area contributed by atoms with E-state index in [0.717, 1.165) is 38.5 Å². The average molecular weight is 895 g/mol. The van der Waals surface area contributed by atoms with Gasteiger partial charge in [0.1, 0.15) is 6.61 Å². The summed E-state index contributed by atoms with van der Waals surface area (Å²) in [6, 6.07) is -0.609. The zero-order chi connectivity index (χ0) is 46.3. The Hall–Kier alpha value is -1.67. The molecule has 0 fully saturated rings. The van der Waals surface area contributed by atoms with Crippen molar-refractivity contribution in [2.24, 2.45) is 0 Å². The highest BCUT2D eigenvalue weighted by Gasteiger charge is 2.31. The Bertz CT molecular complexity index is 998. The summed E-state index contributed by atoms with van der Waals surface area (Å²) in [6.07, 6.45) is 51.6. The Balaban J connectivity index is 4.13. The summed E-state index contributed by atoms with van der Waals surface area (Å²) in [5.41, 5.74) is 0. The fourth-order valence-corrected chi connectivity index (χ4v) is 8.74. The monoisotopic (exact) mass is 895 g/mol. The summed E-state index contributed by atoms with van der Waals surface area (Å²) in [7, 11) is 5.56. The van der Waals surface area contributed by atoms with Gasteiger partial charge >= 0.3 is 17.9 Å². The molecule has 0 spiro atoms. The van der Waals surface area contributed by atoms with Crippen LogP contribution < -0.4 is 0 Å². The van der Waals surface area contributed by atoms with Crippen molar-refractivity contribution < 1.29 is 38.2 Å². The molecule has 0 aliphatic heterocycles. The minimum atomic E-state index is -0.868. The Kier molecular flexibility index (Phi) is 45.6. The van der Waals surface area contributed by atoms with E-state index in [9.17, 15) is 19.5 Å². The Labute approximate surface area is 391 Å². The maximum atomic E-state index is 12.8. The Morgan fingerprint density at radius 2 is 0.698 bits per heavy atom. The number of nitrogens with zero attached hydrogens (tertiary/aromatic N) is 1. The third-order valence-corrected chi connectivity index (χ3v) is 13.0. The first-order chi connectivity index (χ1) is 30.6. The highest BCUT2D eigenvalue weighted by atomic mass is 16.6. The average Bonchev–Trinajstić information content (AvgIpc) is 3.24. The molecule has 0 aromatic heterocycles. The van der Waals surface area contributed by atoms with Gasteiger partial charge in [-0.3, -0.25) is 9.59 Å². The van der Waals surface area contributed by atoms with Gasteiger partial charge in [0.25, 0.3) is 0 Å². The van der Waals surface area contributed by atoms with Crippen LogP contribution in [0.3, 0.4) is 0 Å². The molecule has 0 aliphatic rings. The van der Waals surface area contributed by atoms with Crippen LogP contribution in [0.5, 0.6) is 0 Å². The predicted octanol–water partition coefficient (Wildman–Crippen LogP) is 16.0. The summed E-state index contributed by atoms with van der Waals surface area (Å²) < 4.78 is 17.4. The number of ether oxygens (including phenoxy) is 3. The Morgan fingerprint density at radius 1 is 0.413 bits per heavy atom. The fourth-order valence-electron chi connectivity index (χ4n) is 8.74. The number of carboxylic acid groups (broad SMARTS) is 1. The van der Waals surface area contributed by atoms with Crippen LogP contribution in [0.1, 0.15) is 284 Å². The van der Waals surface area contributed by atoms with E-state index in [-0.39, 0.29) is 36.2 Å². The quantitative estimate of drug-likeness (QED) is 0.0369. The van der Waals surface area contributed by atoms with Gasteiger partial charge in [-0.25, -0.2) is 4.79 Å². The predicted molar refractivity (Wildman–Crippen MR) is 266 cm³/mol. The summed E-state index contributed by atoms with van der Waals surface area (Å²) in [6.45, 7) is 4.81. The Morgan fingerprint density at radius 3 is 0.984 bits per heavy atom. The molecule has 1 N–H and O–H groups in total. The minimum Gasteiger partial charge on any atom is -0.477 e. The number of carboxylic acids is 1. The van der Waals surface area contributed by atoms with E-state index in [0.29, 0.717) is 19.3 Å². The number of aliphatic carboxylic acids is 1. The molecule has 0 amide bonds. The van der Waals surface area contributed by atoms with Crippen molar-refractivity contribution in [3.8, 4) is 0 Å². The van der Waals surface area contributed by atoms with E-state index in [1.54, 1.807) is 0 Å². The van der Waals surface area contributed by atoms with Gasteiger partial charge in [-0.2, -0.15) is 0 Å². The first-order valence-electron chi connectivity index (χ1n) is 27.6. The van der Waals surface area contributed by atoms with Gasteiger partial charge in [0.05, 0.1) is 34.4 Å². The number of unbranched alkanes of at least 4 members (excludes halogenated alkanes) is 37. The molecular weight excluding hydrogens is 787 g/mol. The normalized spacial score (nSPS) is 12.7. The van der Waals surface area contributed by atoms with Gasteiger partial charge in [0, 0.05) is 19.3 Å². The molecule has 8 heteroatoms. The molecule has 374 valence electrons. The summed E-state index contributed by atoms with van der Waals surface area (Å²) >= 11 is 0. The lowest BCUT2D eigenvalue weighted by atomic mass is 10.0. The van der Waals surface area contributed by atoms with Gasteiger partial charge in [0.15, 0.2) is 12.1 Å². The van der Waals surface area contributed by atoms with Gasteiger partial charge in [-0.05, 0) is 12.8 Å². The van der Waals surface area contributed by atoms with Crippen LogP contribution in [0.15, 0.2) is 0 Å². The van der Waals surface area contributed by atoms with Crippen molar-refractivity contribution in [3.63, 3.8) is 0 Å². The molecule has 63 heavy (non-hydrogen) atoms. The van der Waals surface area contributed by atoms with E-state index >= 15 is 0 Å². The first-order valence-corrected chi connectivity index (χ1v) is 27.6. The van der Waals surface area contributed by atoms with Crippen LogP contribution in [-0.2, 0) is 28.6 Å². The molecule has 0 saturated heterocycles. The molecule has 0 rings (SSSR count). The van der Waals surface area contributed by atoms with Crippen LogP contribution in [-0.4, -0.2) is 80.6 Å². The van der Waals surface area contributed by atoms with Gasteiger partial charge in [-0.1, -0.05) is 251 Å². The molecule has 0 aromatic carbocycles. The first kappa shape index (κ1) is 61.3. The lowest BCUT2D eigenvalue weighted by Crippen LogP contribution is -2.50. The second-order valence-corrected chi connectivity index (χ2v) is 20.2. The summed E-state index contributed by atoms with van der Waals surface area (Å²) in [4.78, 5) is 37.2. The summed E-state index contributed by atoms with van der Waals surface area (Å²) in [5.74, 6) is -1.43. The maximum absolute atomic E-state index is 12.8. The lowest BCUT2D eigenvalue weighted by Gasteiger charge is -2.31. The molecule has 0 radical (unpaired) electrons. The molecule has 2 unspecified atom stereocenters. The van der Waals surface area contributed by atoms with Crippen molar-refractivity contribution in [1.82, 2.24) is 0 Å². The third-order valence-electron chi connectivity index (χ3n) is 13.0. The molecule has 0 aromatic rings. The number of hydrogen-bond donors (Lipinski definition) is 1. The third kappa shape index (κ3) is 45.3. The van der Waals surface area contributed by atoms with Gasteiger partial charge < -0.3 is 23.8 Å². The highest BCUT2D eigenvalue weighted by Crippen LogP contribution is 2.18. The van der Waals surface area contributed by atoms with Crippen LogP contribution in [0, 0.1) is 0 Å². The van der Waals surface area contributed by atoms with Crippen molar-refractivity contribution in [2.75, 3.05) is 41.0 Å². The molecular formula is C55H108NO7+. The van der Waals surface area contributed by atoms with Crippen LogP contribution in [0.2, 0.25) is 0 Å². The second-order valence-electron chi connectivity index (χ2n) is 20.2. The van der Waals surface area contributed by atoms with Crippen molar-refractivity contribution >= 4 is 17.9 Å². The smallest absolute Gasteiger partial charge is 0.362 e. The van der Waals surface area contributed by atoms with Gasteiger partial charge in [-0.15, -0.1) is 0 Å². The number of rotatable bonds is 51. The van der Waals surface area contributed by atoms with Crippen LogP contribution in [0.25, 0.3) is 0 Å². The van der Waals surface area contributed by atoms with Crippen LogP contribution >= 0.6 is 0 Å². The number of carbonyl (C=O) groups is 3. The topological polar surface area (TPSA) is 99.1 Å². The number of esters is 2. The van der Waals surface area contributed by atoms with E-state index in [2.05, 4.69) is 13.8 Å². The zero-order valence-corrected chi connectivity index (χ0v) is 42.8. The van der Waals surface area contributed by atoms with Crippen LogP contribution in [0.4, 0.5) is 0 Å². The largest absolute Gasteiger partial charge is 0.477 e. The molecule has 0 heterocycles. The van der Waals surface area contributed by atoms with Crippen molar-refractivity contribution in [3.05, 3.63) is 0 Å². The van der Waals surface area contributed by atoms with E-state index in [1.165, 1.54) is 212 Å². The molecule has 0 bridgehead atoms.